The smallest absolute Gasteiger partial charge is 0.122 e. The van der Waals surface area contributed by atoms with Crippen LogP contribution in [0.2, 0.25) is 0 Å². The molecule has 0 radical (unpaired) electrons. The lowest BCUT2D eigenvalue weighted by molar-refractivity contribution is 0.457. The summed E-state index contributed by atoms with van der Waals surface area (Å²) in [6.07, 6.45) is 2.63. The number of thioether (sulfide) groups is 1. The summed E-state index contributed by atoms with van der Waals surface area (Å²) in [6.45, 7) is 6.04. The van der Waals surface area contributed by atoms with Crippen molar-refractivity contribution >= 4 is 11.8 Å². The minimum atomic E-state index is 0.388. The molecule has 1 aromatic carbocycles. The zero-order valence-electron chi connectivity index (χ0n) is 10.6. The van der Waals surface area contributed by atoms with Crippen molar-refractivity contribution in [3.63, 3.8) is 0 Å². The van der Waals surface area contributed by atoms with Crippen molar-refractivity contribution in [3.8, 4) is 5.75 Å². The van der Waals surface area contributed by atoms with Gasteiger partial charge in [0, 0.05) is 23.4 Å². The number of phenols is 1. The fraction of sp³-hybridized carbons (Fsp3) is 0.571. The third-order valence-electron chi connectivity index (χ3n) is 3.44. The van der Waals surface area contributed by atoms with E-state index in [1.807, 2.05) is 25.1 Å². The van der Waals surface area contributed by atoms with Gasteiger partial charge in [0.2, 0.25) is 0 Å². The Kier molecular flexibility index (Phi) is 4.00. The summed E-state index contributed by atoms with van der Waals surface area (Å²) < 4.78 is 0.388. The van der Waals surface area contributed by atoms with Gasteiger partial charge in [-0.25, -0.2) is 0 Å². The molecule has 94 valence electrons. The molecule has 2 rings (SSSR count). The van der Waals surface area contributed by atoms with Crippen LogP contribution in [0, 0.1) is 6.92 Å². The fourth-order valence-corrected chi connectivity index (χ4v) is 3.57. The van der Waals surface area contributed by atoms with E-state index in [1.54, 1.807) is 0 Å². The van der Waals surface area contributed by atoms with Crippen molar-refractivity contribution in [1.29, 1.82) is 0 Å². The SMILES string of the molecule is Cc1cccc(CNCC2(C)CCCS2)c1O. The molecule has 2 nitrogen and oxygen atoms in total. The maximum absolute atomic E-state index is 9.91. The Morgan fingerprint density at radius 2 is 2.29 bits per heavy atom. The molecule has 0 bridgehead atoms. The highest BCUT2D eigenvalue weighted by Crippen LogP contribution is 2.37. The first kappa shape index (κ1) is 12.8. The van der Waals surface area contributed by atoms with E-state index in [0.29, 0.717) is 10.5 Å². The van der Waals surface area contributed by atoms with Crippen molar-refractivity contribution in [2.24, 2.45) is 0 Å². The third kappa shape index (κ3) is 3.17. The molecular formula is C14H21NOS. The molecule has 1 aromatic rings. The van der Waals surface area contributed by atoms with E-state index in [4.69, 9.17) is 0 Å². The summed E-state index contributed by atoms with van der Waals surface area (Å²) in [5.41, 5.74) is 1.95. The molecule has 0 saturated carbocycles. The van der Waals surface area contributed by atoms with Crippen LogP contribution in [0.25, 0.3) is 0 Å². The van der Waals surface area contributed by atoms with Crippen LogP contribution < -0.4 is 5.32 Å². The summed E-state index contributed by atoms with van der Waals surface area (Å²) in [7, 11) is 0. The maximum Gasteiger partial charge on any atom is 0.122 e. The highest BCUT2D eigenvalue weighted by Gasteiger charge is 2.28. The van der Waals surface area contributed by atoms with Gasteiger partial charge in [0.25, 0.3) is 0 Å². The number of para-hydroxylation sites is 1. The molecule has 17 heavy (non-hydrogen) atoms. The summed E-state index contributed by atoms with van der Waals surface area (Å²) in [4.78, 5) is 0. The third-order valence-corrected chi connectivity index (χ3v) is 4.97. The lowest BCUT2D eigenvalue weighted by atomic mass is 10.1. The van der Waals surface area contributed by atoms with Crippen molar-refractivity contribution in [2.45, 2.75) is 38.0 Å². The molecule has 0 amide bonds. The number of phenolic OH excluding ortho intramolecular Hbond substituents is 1. The Balaban J connectivity index is 1.88. The van der Waals surface area contributed by atoms with Gasteiger partial charge in [-0.3, -0.25) is 0 Å². The van der Waals surface area contributed by atoms with Crippen LogP contribution in [0.5, 0.6) is 5.75 Å². The lowest BCUT2D eigenvalue weighted by Gasteiger charge is -2.23. The first-order valence-corrected chi connectivity index (χ1v) is 7.21. The number of aromatic hydroxyl groups is 1. The van der Waals surface area contributed by atoms with Crippen molar-refractivity contribution in [3.05, 3.63) is 29.3 Å². The van der Waals surface area contributed by atoms with Crippen LogP contribution in [0.3, 0.4) is 0 Å². The Bertz CT molecular complexity index is 386. The molecule has 2 N–H and O–H groups in total. The van der Waals surface area contributed by atoms with E-state index >= 15 is 0 Å². The second-order valence-corrected chi connectivity index (χ2v) is 6.77. The summed E-state index contributed by atoms with van der Waals surface area (Å²) in [5, 5.41) is 13.4. The van der Waals surface area contributed by atoms with Crippen LogP contribution >= 0.6 is 11.8 Å². The average molecular weight is 251 g/mol. The van der Waals surface area contributed by atoms with Gasteiger partial charge in [-0.15, -0.1) is 0 Å². The molecule has 0 aliphatic carbocycles. The standard InChI is InChI=1S/C14H21NOS/c1-11-5-3-6-12(13(11)16)9-15-10-14(2)7-4-8-17-14/h3,5-6,15-16H,4,7-10H2,1-2H3. The second-order valence-electron chi connectivity index (χ2n) is 5.09. The van der Waals surface area contributed by atoms with Crippen molar-refractivity contribution in [1.82, 2.24) is 5.32 Å². The van der Waals surface area contributed by atoms with Gasteiger partial charge in [0.15, 0.2) is 0 Å². The van der Waals surface area contributed by atoms with E-state index in [-0.39, 0.29) is 0 Å². The molecule has 1 saturated heterocycles. The van der Waals surface area contributed by atoms with Crippen LogP contribution in [-0.4, -0.2) is 22.2 Å². The van der Waals surface area contributed by atoms with Gasteiger partial charge < -0.3 is 10.4 Å². The Morgan fingerprint density at radius 1 is 1.47 bits per heavy atom. The Hall–Kier alpha value is -0.670. The van der Waals surface area contributed by atoms with Crippen LogP contribution in [0.1, 0.15) is 30.9 Å². The maximum atomic E-state index is 9.91. The van der Waals surface area contributed by atoms with Crippen molar-refractivity contribution < 1.29 is 5.11 Å². The van der Waals surface area contributed by atoms with Crippen LogP contribution in [0.4, 0.5) is 0 Å². The number of aryl methyl sites for hydroxylation is 1. The summed E-state index contributed by atoms with van der Waals surface area (Å²) >= 11 is 2.06. The minimum absolute atomic E-state index is 0.388. The molecular weight excluding hydrogens is 230 g/mol. The lowest BCUT2D eigenvalue weighted by Crippen LogP contribution is -2.32. The molecule has 1 heterocycles. The van der Waals surface area contributed by atoms with E-state index in [9.17, 15) is 5.11 Å². The molecule has 0 aromatic heterocycles. The van der Waals surface area contributed by atoms with Gasteiger partial charge in [-0.05, 0) is 38.0 Å². The molecule has 1 aliphatic rings. The van der Waals surface area contributed by atoms with E-state index < -0.39 is 0 Å². The van der Waals surface area contributed by atoms with E-state index in [1.165, 1.54) is 18.6 Å². The Morgan fingerprint density at radius 3 is 3.00 bits per heavy atom. The number of hydrogen-bond donors (Lipinski definition) is 2. The summed E-state index contributed by atoms with van der Waals surface area (Å²) in [5.74, 6) is 1.72. The van der Waals surface area contributed by atoms with Gasteiger partial charge in [-0.1, -0.05) is 18.2 Å². The molecule has 1 unspecified atom stereocenters. The van der Waals surface area contributed by atoms with Gasteiger partial charge in [0.05, 0.1) is 0 Å². The number of benzene rings is 1. The number of rotatable bonds is 4. The van der Waals surface area contributed by atoms with Gasteiger partial charge in [0.1, 0.15) is 5.75 Å². The number of hydrogen-bond acceptors (Lipinski definition) is 3. The zero-order valence-corrected chi connectivity index (χ0v) is 11.4. The topological polar surface area (TPSA) is 32.3 Å². The van der Waals surface area contributed by atoms with Gasteiger partial charge in [-0.2, -0.15) is 11.8 Å². The molecule has 1 atom stereocenters. The molecule has 0 spiro atoms. The highest BCUT2D eigenvalue weighted by atomic mass is 32.2. The molecule has 1 aliphatic heterocycles. The zero-order chi connectivity index (χ0) is 12.3. The highest BCUT2D eigenvalue weighted by molar-refractivity contribution is 8.00. The molecule has 1 fully saturated rings. The fourth-order valence-electron chi connectivity index (χ4n) is 2.30. The summed E-state index contributed by atoms with van der Waals surface area (Å²) in [6, 6.07) is 5.92. The second kappa shape index (κ2) is 5.32. The Labute approximate surface area is 108 Å². The largest absolute Gasteiger partial charge is 0.507 e. The first-order valence-electron chi connectivity index (χ1n) is 6.23. The van der Waals surface area contributed by atoms with Crippen molar-refractivity contribution in [2.75, 3.05) is 12.3 Å². The predicted molar refractivity (Wildman–Crippen MR) is 74.6 cm³/mol. The van der Waals surface area contributed by atoms with Crippen LogP contribution in [0.15, 0.2) is 18.2 Å². The molecule has 3 heteroatoms. The van der Waals surface area contributed by atoms with Gasteiger partial charge >= 0.3 is 0 Å². The van der Waals surface area contributed by atoms with E-state index in [0.717, 1.165) is 24.2 Å². The van der Waals surface area contributed by atoms with Crippen LogP contribution in [-0.2, 0) is 6.54 Å². The monoisotopic (exact) mass is 251 g/mol. The minimum Gasteiger partial charge on any atom is -0.507 e. The normalized spacial score (nSPS) is 24.1. The van der Waals surface area contributed by atoms with E-state index in [2.05, 4.69) is 24.0 Å². The predicted octanol–water partition coefficient (Wildman–Crippen LogP) is 3.08. The first-order chi connectivity index (χ1) is 8.11. The quantitative estimate of drug-likeness (QED) is 0.862. The number of nitrogens with one attached hydrogen (secondary N) is 1. The average Bonchev–Trinajstić information content (AvgIpc) is 2.72.